The highest BCUT2D eigenvalue weighted by Crippen LogP contribution is 2.60. The van der Waals surface area contributed by atoms with Gasteiger partial charge in [-0.25, -0.2) is 0 Å². The number of amides is 2. The van der Waals surface area contributed by atoms with Crippen LogP contribution in [0.4, 0.5) is 5.69 Å². The van der Waals surface area contributed by atoms with Crippen LogP contribution in [0.15, 0.2) is 30.3 Å². The molecule has 1 aliphatic heterocycles. The molecule has 1 saturated heterocycles. The molecule has 1 atom stereocenters. The van der Waals surface area contributed by atoms with Gasteiger partial charge in [-0.2, -0.15) is 0 Å². The van der Waals surface area contributed by atoms with Crippen molar-refractivity contribution < 1.29 is 9.59 Å². The maximum Gasteiger partial charge on any atom is 0.242 e. The number of carbonyl (C=O) groups excluding carboxylic acids is 2. The first-order valence-electron chi connectivity index (χ1n) is 12.9. The molecule has 0 aromatic heterocycles. The second-order valence-electron chi connectivity index (χ2n) is 11.1. The summed E-state index contributed by atoms with van der Waals surface area (Å²) in [5, 5.41) is 3.15. The van der Waals surface area contributed by atoms with E-state index in [9.17, 15) is 9.59 Å². The van der Waals surface area contributed by atoms with Gasteiger partial charge in [0.05, 0.1) is 5.41 Å². The largest absolute Gasteiger partial charge is 0.375 e. The Morgan fingerprint density at radius 3 is 2.34 bits per heavy atom. The lowest BCUT2D eigenvalue weighted by molar-refractivity contribution is -0.160. The maximum absolute atomic E-state index is 13.7. The number of likely N-dealkylation sites (tertiary alicyclic amines) is 1. The van der Waals surface area contributed by atoms with Crippen LogP contribution >= 0.6 is 0 Å². The summed E-state index contributed by atoms with van der Waals surface area (Å²) >= 11 is 0. The summed E-state index contributed by atoms with van der Waals surface area (Å²) in [4.78, 5) is 31.0. The van der Waals surface area contributed by atoms with Crippen LogP contribution in [0.5, 0.6) is 0 Å². The zero-order chi connectivity index (χ0) is 22.1. The van der Waals surface area contributed by atoms with Gasteiger partial charge >= 0.3 is 0 Å². The fourth-order valence-corrected chi connectivity index (χ4v) is 7.57. The molecule has 174 valence electrons. The number of rotatable bonds is 8. The first-order chi connectivity index (χ1) is 15.5. The number of carbonyl (C=O) groups is 2. The lowest BCUT2D eigenvalue weighted by Gasteiger charge is -2.56. The molecule has 2 amide bonds. The molecule has 0 spiro atoms. The van der Waals surface area contributed by atoms with E-state index in [2.05, 4.69) is 41.5 Å². The Balaban J connectivity index is 1.10. The van der Waals surface area contributed by atoms with Gasteiger partial charge in [-0.1, -0.05) is 18.2 Å². The van der Waals surface area contributed by atoms with E-state index in [1.807, 2.05) is 11.0 Å². The third kappa shape index (κ3) is 4.27. The zero-order valence-corrected chi connectivity index (χ0v) is 19.6. The Hall–Kier alpha value is -2.04. The van der Waals surface area contributed by atoms with E-state index in [1.54, 1.807) is 0 Å². The molecule has 5 aliphatic rings. The quantitative estimate of drug-likeness (QED) is 0.620. The molecule has 5 nitrogen and oxygen atoms in total. The second kappa shape index (κ2) is 9.07. The van der Waals surface area contributed by atoms with E-state index >= 15 is 0 Å². The summed E-state index contributed by atoms with van der Waals surface area (Å²) in [7, 11) is 2.11. The average molecular weight is 438 g/mol. The lowest BCUT2D eigenvalue weighted by atomic mass is 9.49. The monoisotopic (exact) mass is 437 g/mol. The van der Waals surface area contributed by atoms with Crippen LogP contribution in [0.2, 0.25) is 0 Å². The first kappa shape index (κ1) is 21.8. The molecule has 1 aromatic carbocycles. The van der Waals surface area contributed by atoms with Crippen LogP contribution in [0.3, 0.4) is 0 Å². The fourth-order valence-electron chi connectivity index (χ4n) is 7.57. The molecule has 1 heterocycles. The predicted molar refractivity (Wildman–Crippen MR) is 127 cm³/mol. The highest BCUT2D eigenvalue weighted by Gasteiger charge is 2.56. The third-order valence-corrected chi connectivity index (χ3v) is 8.72. The van der Waals surface area contributed by atoms with Crippen molar-refractivity contribution in [1.29, 1.82) is 0 Å². The fraction of sp³-hybridized carbons (Fsp3) is 0.704. The van der Waals surface area contributed by atoms with Gasteiger partial charge in [0.15, 0.2) is 0 Å². The van der Waals surface area contributed by atoms with E-state index in [1.165, 1.54) is 24.9 Å². The number of unbranched alkanes of at least 4 members (excludes halogenated alkanes) is 1. The van der Waals surface area contributed by atoms with Crippen LogP contribution in [0.25, 0.3) is 0 Å². The third-order valence-electron chi connectivity index (χ3n) is 8.72. The van der Waals surface area contributed by atoms with Gasteiger partial charge in [0, 0.05) is 32.4 Å². The molecule has 32 heavy (non-hydrogen) atoms. The minimum Gasteiger partial charge on any atom is -0.375 e. The molecular weight excluding hydrogens is 398 g/mol. The molecule has 1 unspecified atom stereocenters. The smallest absolute Gasteiger partial charge is 0.242 e. The number of anilines is 1. The molecule has 1 aromatic rings. The van der Waals surface area contributed by atoms with Crippen molar-refractivity contribution >= 4 is 17.5 Å². The van der Waals surface area contributed by atoms with Gasteiger partial charge in [-0.15, -0.1) is 0 Å². The SMILES string of the molecule is CN(CCCCNC(=O)C1CCCN1C(=O)C12CC3CC(CC(C3)C1)C2)c1ccccc1. The minimum atomic E-state index is -0.248. The minimum absolute atomic E-state index is 0.0667. The topological polar surface area (TPSA) is 52.7 Å². The number of nitrogens with one attached hydrogen (secondary N) is 1. The first-order valence-corrected chi connectivity index (χ1v) is 12.9. The van der Waals surface area contributed by atoms with Gasteiger partial charge < -0.3 is 15.1 Å². The summed E-state index contributed by atoms with van der Waals surface area (Å²) in [6.07, 6.45) is 11.0. The Morgan fingerprint density at radius 2 is 1.69 bits per heavy atom. The van der Waals surface area contributed by atoms with Crippen LogP contribution < -0.4 is 10.2 Å². The van der Waals surface area contributed by atoms with Gasteiger partial charge in [0.2, 0.25) is 11.8 Å². The lowest BCUT2D eigenvalue weighted by Crippen LogP contribution is -2.57. The predicted octanol–water partition coefficient (Wildman–Crippen LogP) is 4.23. The summed E-state index contributed by atoms with van der Waals surface area (Å²) in [5.74, 6) is 2.66. The Labute approximate surface area is 192 Å². The molecule has 4 aliphatic carbocycles. The van der Waals surface area contributed by atoms with Gasteiger partial charge in [0.25, 0.3) is 0 Å². The van der Waals surface area contributed by atoms with Crippen LogP contribution in [-0.4, -0.2) is 49.4 Å². The number of benzene rings is 1. The van der Waals surface area contributed by atoms with Gasteiger partial charge in [0.1, 0.15) is 6.04 Å². The van der Waals surface area contributed by atoms with Gasteiger partial charge in [-0.05, 0) is 94.1 Å². The normalized spacial score (nSPS) is 32.8. The van der Waals surface area contributed by atoms with Crippen molar-refractivity contribution in [1.82, 2.24) is 10.2 Å². The van der Waals surface area contributed by atoms with Crippen molar-refractivity contribution in [2.75, 3.05) is 31.6 Å². The Kier molecular flexibility index (Phi) is 6.18. The van der Waals surface area contributed by atoms with Crippen molar-refractivity contribution in [3.8, 4) is 0 Å². The summed E-state index contributed by atoms with van der Waals surface area (Å²) in [5.41, 5.74) is 1.08. The molecular formula is C27H39N3O2. The molecule has 0 radical (unpaired) electrons. The van der Waals surface area contributed by atoms with Crippen molar-refractivity contribution in [2.45, 2.75) is 70.3 Å². The molecule has 6 rings (SSSR count). The Bertz CT molecular complexity index is 788. The van der Waals surface area contributed by atoms with Crippen molar-refractivity contribution in [3.63, 3.8) is 0 Å². The number of hydrogen-bond donors (Lipinski definition) is 1. The van der Waals surface area contributed by atoms with Crippen molar-refractivity contribution in [3.05, 3.63) is 30.3 Å². The number of para-hydroxylation sites is 1. The van der Waals surface area contributed by atoms with Crippen molar-refractivity contribution in [2.24, 2.45) is 23.2 Å². The highest BCUT2D eigenvalue weighted by molar-refractivity contribution is 5.91. The number of nitrogens with zero attached hydrogens (tertiary/aromatic N) is 2. The zero-order valence-electron chi connectivity index (χ0n) is 19.6. The van der Waals surface area contributed by atoms with E-state index in [-0.39, 0.29) is 17.4 Å². The van der Waals surface area contributed by atoms with Crippen LogP contribution in [0, 0.1) is 23.2 Å². The second-order valence-corrected chi connectivity index (χ2v) is 11.1. The standard InChI is InChI=1S/C27H39N3O2/c1-29(23-8-3-2-4-9-23)12-6-5-11-28-25(31)24-10-7-13-30(24)26(32)27-17-20-14-21(18-27)16-22(15-20)19-27/h2-4,8-9,20-22,24H,5-7,10-19H2,1H3,(H,28,31). The van der Waals surface area contributed by atoms with E-state index in [0.29, 0.717) is 12.5 Å². The summed E-state index contributed by atoms with van der Waals surface area (Å²) in [6, 6.07) is 10.2. The van der Waals surface area contributed by atoms with E-state index in [0.717, 1.165) is 75.8 Å². The van der Waals surface area contributed by atoms with Crippen LogP contribution in [0.1, 0.15) is 64.2 Å². The molecule has 1 N–H and O–H groups in total. The molecule has 4 bridgehead atoms. The molecule has 5 heteroatoms. The molecule has 5 fully saturated rings. The number of hydrogen-bond acceptors (Lipinski definition) is 3. The maximum atomic E-state index is 13.7. The van der Waals surface area contributed by atoms with Crippen LogP contribution in [-0.2, 0) is 9.59 Å². The van der Waals surface area contributed by atoms with Gasteiger partial charge in [-0.3, -0.25) is 9.59 Å². The Morgan fingerprint density at radius 1 is 1.03 bits per heavy atom. The summed E-state index contributed by atoms with van der Waals surface area (Å²) in [6.45, 7) is 2.43. The van der Waals surface area contributed by atoms with E-state index in [4.69, 9.17) is 0 Å². The van der Waals surface area contributed by atoms with E-state index < -0.39 is 0 Å². The summed E-state index contributed by atoms with van der Waals surface area (Å²) < 4.78 is 0. The molecule has 4 saturated carbocycles. The highest BCUT2D eigenvalue weighted by atomic mass is 16.2. The average Bonchev–Trinajstić information content (AvgIpc) is 3.27.